The molecule has 0 radical (unpaired) electrons. The quantitative estimate of drug-likeness (QED) is 0.830. The largest absolute Gasteiger partial charge is 0.372 e. The molecule has 1 aromatic carbocycles. The van der Waals surface area contributed by atoms with Gasteiger partial charge in [-0.15, -0.1) is 0 Å². The fourth-order valence-electron chi connectivity index (χ4n) is 3.91. The van der Waals surface area contributed by atoms with Crippen LogP contribution in [0.4, 0.5) is 4.39 Å². The van der Waals surface area contributed by atoms with Crippen LogP contribution in [0.3, 0.4) is 0 Å². The molecule has 3 rings (SSSR count). The van der Waals surface area contributed by atoms with Crippen LogP contribution in [0.5, 0.6) is 0 Å². The van der Waals surface area contributed by atoms with Crippen molar-refractivity contribution in [2.45, 2.75) is 50.9 Å². The fourth-order valence-corrected chi connectivity index (χ4v) is 3.91. The molecular weight excluding hydrogens is 281 g/mol. The van der Waals surface area contributed by atoms with Crippen molar-refractivity contribution < 1.29 is 13.9 Å². The van der Waals surface area contributed by atoms with E-state index < -0.39 is 0 Å². The van der Waals surface area contributed by atoms with Crippen LogP contribution in [0.1, 0.15) is 38.2 Å². The lowest BCUT2D eigenvalue weighted by atomic mass is 9.70. The average Bonchev–Trinajstić information content (AvgIpc) is 2.92. The zero-order valence-electron chi connectivity index (χ0n) is 12.9. The van der Waals surface area contributed by atoms with Gasteiger partial charge < -0.3 is 9.47 Å². The van der Waals surface area contributed by atoms with E-state index in [9.17, 15) is 4.39 Å². The first-order chi connectivity index (χ1) is 10.7. The summed E-state index contributed by atoms with van der Waals surface area (Å²) in [5.41, 5.74) is 0.327. The minimum absolute atomic E-state index is 0.0609. The molecule has 2 aliphatic rings. The van der Waals surface area contributed by atoms with E-state index in [0.29, 0.717) is 23.8 Å². The van der Waals surface area contributed by atoms with Crippen LogP contribution in [0.15, 0.2) is 24.3 Å². The van der Waals surface area contributed by atoms with Crippen LogP contribution in [-0.4, -0.2) is 18.3 Å². The topological polar surface area (TPSA) is 42.2 Å². The third-order valence-electron chi connectivity index (χ3n) is 5.31. The highest BCUT2D eigenvalue weighted by molar-refractivity contribution is 5.16. The molecule has 1 saturated heterocycles. The van der Waals surface area contributed by atoms with E-state index in [-0.39, 0.29) is 24.1 Å². The smallest absolute Gasteiger partial charge is 0.128 e. The van der Waals surface area contributed by atoms with Crippen LogP contribution < -0.4 is 0 Å². The summed E-state index contributed by atoms with van der Waals surface area (Å²) in [6.45, 7) is 3.10. The van der Waals surface area contributed by atoms with Crippen molar-refractivity contribution in [3.8, 4) is 6.07 Å². The van der Waals surface area contributed by atoms with Crippen molar-refractivity contribution in [1.82, 2.24) is 0 Å². The molecule has 0 amide bonds. The minimum Gasteiger partial charge on any atom is -0.372 e. The Balaban J connectivity index is 1.72. The molecule has 2 fully saturated rings. The molecule has 4 unspecified atom stereocenters. The zero-order valence-corrected chi connectivity index (χ0v) is 12.9. The van der Waals surface area contributed by atoms with Crippen molar-refractivity contribution in [3.05, 3.63) is 35.6 Å². The van der Waals surface area contributed by atoms with Gasteiger partial charge >= 0.3 is 0 Å². The van der Waals surface area contributed by atoms with Crippen molar-refractivity contribution in [3.63, 3.8) is 0 Å². The second kappa shape index (κ2) is 6.36. The lowest BCUT2D eigenvalue weighted by Gasteiger charge is -2.41. The van der Waals surface area contributed by atoms with Gasteiger partial charge in [0, 0.05) is 12.0 Å². The Kier molecular flexibility index (Phi) is 4.46. The van der Waals surface area contributed by atoms with Gasteiger partial charge in [0.05, 0.1) is 31.0 Å². The van der Waals surface area contributed by atoms with Gasteiger partial charge in [-0.2, -0.15) is 5.26 Å². The van der Waals surface area contributed by atoms with E-state index >= 15 is 0 Å². The summed E-state index contributed by atoms with van der Waals surface area (Å²) in [5, 5.41) is 9.02. The monoisotopic (exact) mass is 303 g/mol. The summed E-state index contributed by atoms with van der Waals surface area (Å²) in [6.07, 6.45) is 3.17. The van der Waals surface area contributed by atoms with Crippen LogP contribution in [-0.2, 0) is 16.1 Å². The SMILES string of the molecule is CCC12CC(CO1)C(CC#N)CC2OCc1ccccc1F. The Hall–Kier alpha value is -1.44. The molecule has 1 aromatic rings. The molecular formula is C18H22FNO2. The maximum Gasteiger partial charge on any atom is 0.128 e. The van der Waals surface area contributed by atoms with E-state index in [2.05, 4.69) is 13.0 Å². The molecule has 0 N–H and O–H groups in total. The van der Waals surface area contributed by atoms with E-state index in [1.807, 2.05) is 6.07 Å². The first-order valence-corrected chi connectivity index (χ1v) is 8.04. The standard InChI is InChI=1S/C18H22FNO2/c1-2-18-10-15(12-22-18)13(7-8-20)9-17(18)21-11-14-5-3-4-6-16(14)19/h3-6,13,15,17H,2,7,9-12H2,1H3. The number of rotatable bonds is 5. The van der Waals surface area contributed by atoms with Crippen LogP contribution in [0, 0.1) is 29.0 Å². The fraction of sp³-hybridized carbons (Fsp3) is 0.611. The van der Waals surface area contributed by atoms with Gasteiger partial charge in [0.15, 0.2) is 0 Å². The van der Waals surface area contributed by atoms with Gasteiger partial charge in [0.25, 0.3) is 0 Å². The number of nitrogens with zero attached hydrogens (tertiary/aromatic N) is 1. The maximum atomic E-state index is 13.8. The molecule has 1 heterocycles. The first kappa shape index (κ1) is 15.5. The zero-order chi connectivity index (χ0) is 15.6. The molecule has 3 nitrogen and oxygen atoms in total. The van der Waals surface area contributed by atoms with E-state index in [1.54, 1.807) is 12.1 Å². The van der Waals surface area contributed by atoms with Gasteiger partial charge in [-0.1, -0.05) is 25.1 Å². The molecule has 0 spiro atoms. The third kappa shape index (κ3) is 2.76. The summed E-state index contributed by atoms with van der Waals surface area (Å²) in [4.78, 5) is 0. The molecule has 2 bridgehead atoms. The molecule has 22 heavy (non-hydrogen) atoms. The second-order valence-corrected chi connectivity index (χ2v) is 6.44. The van der Waals surface area contributed by atoms with E-state index in [4.69, 9.17) is 14.7 Å². The number of nitriles is 1. The van der Waals surface area contributed by atoms with E-state index in [0.717, 1.165) is 25.9 Å². The van der Waals surface area contributed by atoms with Crippen LogP contribution in [0.25, 0.3) is 0 Å². The van der Waals surface area contributed by atoms with E-state index in [1.165, 1.54) is 6.07 Å². The third-order valence-corrected chi connectivity index (χ3v) is 5.31. The van der Waals surface area contributed by atoms with Crippen molar-refractivity contribution >= 4 is 0 Å². The number of hydrogen-bond donors (Lipinski definition) is 0. The molecule has 1 aliphatic heterocycles. The molecule has 0 aromatic heterocycles. The highest BCUT2D eigenvalue weighted by Gasteiger charge is 2.53. The van der Waals surface area contributed by atoms with Gasteiger partial charge in [0.2, 0.25) is 0 Å². The van der Waals surface area contributed by atoms with Gasteiger partial charge in [0.1, 0.15) is 5.82 Å². The number of ether oxygens (including phenoxy) is 2. The number of fused-ring (bicyclic) bond motifs is 2. The van der Waals surface area contributed by atoms with Gasteiger partial charge in [-0.25, -0.2) is 4.39 Å². The summed E-state index contributed by atoms with van der Waals surface area (Å²) in [6, 6.07) is 8.99. The second-order valence-electron chi connectivity index (χ2n) is 6.44. The predicted octanol–water partition coefficient (Wildman–Crippen LogP) is 3.83. The number of halogens is 1. The number of hydrogen-bond acceptors (Lipinski definition) is 3. The predicted molar refractivity (Wildman–Crippen MR) is 80.4 cm³/mol. The highest BCUT2D eigenvalue weighted by atomic mass is 19.1. The summed E-state index contributed by atoms with van der Waals surface area (Å²) >= 11 is 0. The normalized spacial score (nSPS) is 33.6. The van der Waals surface area contributed by atoms with Gasteiger partial charge in [-0.05, 0) is 37.2 Å². The molecule has 1 aliphatic carbocycles. The summed E-state index contributed by atoms with van der Waals surface area (Å²) in [5.74, 6) is 0.563. The van der Waals surface area contributed by atoms with Gasteiger partial charge in [-0.3, -0.25) is 0 Å². The molecule has 4 atom stereocenters. The highest BCUT2D eigenvalue weighted by Crippen LogP contribution is 2.49. The van der Waals surface area contributed by atoms with Crippen molar-refractivity contribution in [2.24, 2.45) is 11.8 Å². The lowest BCUT2D eigenvalue weighted by molar-refractivity contribution is -0.136. The van der Waals surface area contributed by atoms with Crippen molar-refractivity contribution in [2.75, 3.05) is 6.61 Å². The average molecular weight is 303 g/mol. The van der Waals surface area contributed by atoms with Crippen LogP contribution in [0.2, 0.25) is 0 Å². The first-order valence-electron chi connectivity index (χ1n) is 8.04. The Bertz CT molecular complexity index is 570. The maximum absolute atomic E-state index is 13.8. The Morgan fingerprint density at radius 1 is 1.45 bits per heavy atom. The lowest BCUT2D eigenvalue weighted by Crippen LogP contribution is -2.47. The minimum atomic E-state index is -0.248. The Labute approximate surface area is 131 Å². The Morgan fingerprint density at radius 2 is 2.27 bits per heavy atom. The summed E-state index contributed by atoms with van der Waals surface area (Å²) < 4.78 is 25.9. The molecule has 4 heteroatoms. The van der Waals surface area contributed by atoms with Crippen molar-refractivity contribution in [1.29, 1.82) is 5.26 Å². The molecule has 118 valence electrons. The Morgan fingerprint density at radius 3 is 3.00 bits per heavy atom. The number of benzene rings is 1. The summed E-state index contributed by atoms with van der Waals surface area (Å²) in [7, 11) is 0. The molecule has 1 saturated carbocycles. The van der Waals surface area contributed by atoms with Crippen LogP contribution >= 0.6 is 0 Å².